The van der Waals surface area contributed by atoms with Crippen LogP contribution in [0.1, 0.15) is 32.3 Å². The molecule has 1 amide bonds. The summed E-state index contributed by atoms with van der Waals surface area (Å²) in [6, 6.07) is 5.53. The highest BCUT2D eigenvalue weighted by Crippen LogP contribution is 2.18. The van der Waals surface area contributed by atoms with Gasteiger partial charge in [0.1, 0.15) is 0 Å². The normalized spacial score (nSPS) is 22.5. The molecule has 2 atom stereocenters. The van der Waals surface area contributed by atoms with Gasteiger partial charge in [-0.1, -0.05) is 0 Å². The molecule has 1 saturated heterocycles. The number of amides is 1. The Morgan fingerprint density at radius 2 is 2.05 bits per heavy atom. The smallest absolute Gasteiger partial charge is 0.224 e. The van der Waals surface area contributed by atoms with Gasteiger partial charge in [-0.15, -0.1) is 0 Å². The summed E-state index contributed by atoms with van der Waals surface area (Å²) < 4.78 is 5.71. The fraction of sp³-hybridized carbons (Fsp3) is 0.588. The largest absolute Gasteiger partial charge is 0.399 e. The van der Waals surface area contributed by atoms with Crippen molar-refractivity contribution in [3.05, 3.63) is 23.8 Å². The monoisotopic (exact) mass is 305 g/mol. The van der Waals surface area contributed by atoms with E-state index in [-0.39, 0.29) is 18.1 Å². The molecule has 0 aliphatic carbocycles. The molecule has 5 heteroatoms. The van der Waals surface area contributed by atoms with Gasteiger partial charge >= 0.3 is 0 Å². The van der Waals surface area contributed by atoms with Gasteiger partial charge in [0.15, 0.2) is 0 Å². The van der Waals surface area contributed by atoms with E-state index in [9.17, 15) is 4.79 Å². The van der Waals surface area contributed by atoms with Gasteiger partial charge in [0, 0.05) is 30.9 Å². The summed E-state index contributed by atoms with van der Waals surface area (Å²) in [4.78, 5) is 14.4. The van der Waals surface area contributed by atoms with Crippen LogP contribution in [0.4, 0.5) is 11.4 Å². The van der Waals surface area contributed by atoms with Gasteiger partial charge in [-0.2, -0.15) is 0 Å². The Balaban J connectivity index is 1.73. The number of hydrogen-bond donors (Lipinski definition) is 2. The number of hydrogen-bond acceptors (Lipinski definition) is 4. The Morgan fingerprint density at radius 3 is 2.68 bits per heavy atom. The van der Waals surface area contributed by atoms with Crippen LogP contribution < -0.4 is 11.1 Å². The second-order valence-corrected chi connectivity index (χ2v) is 6.24. The summed E-state index contributed by atoms with van der Waals surface area (Å²) in [5, 5.41) is 2.96. The fourth-order valence-electron chi connectivity index (χ4n) is 2.97. The second kappa shape index (κ2) is 7.61. The Kier molecular flexibility index (Phi) is 5.80. The van der Waals surface area contributed by atoms with E-state index in [0.717, 1.165) is 37.3 Å². The van der Waals surface area contributed by atoms with Gasteiger partial charge in [-0.3, -0.25) is 9.69 Å². The predicted molar refractivity (Wildman–Crippen MR) is 89.9 cm³/mol. The number of nitrogen functional groups attached to an aromatic ring is 1. The molecule has 1 aliphatic rings. The molecule has 0 radical (unpaired) electrons. The minimum Gasteiger partial charge on any atom is -0.399 e. The minimum atomic E-state index is 0.0576. The molecule has 2 rings (SSSR count). The van der Waals surface area contributed by atoms with E-state index < -0.39 is 0 Å². The molecule has 5 nitrogen and oxygen atoms in total. The lowest BCUT2D eigenvalue weighted by atomic mass is 10.1. The summed E-state index contributed by atoms with van der Waals surface area (Å²) in [5.41, 5.74) is 8.26. The van der Waals surface area contributed by atoms with Crippen LogP contribution in [0.15, 0.2) is 18.2 Å². The average Bonchev–Trinajstić information content (AvgIpc) is 2.41. The highest BCUT2D eigenvalue weighted by molar-refractivity contribution is 5.91. The SMILES string of the molecule is Cc1cc(N)ccc1NC(=O)CCCN1CC(C)OC(C)C1. The lowest BCUT2D eigenvalue weighted by Gasteiger charge is -2.35. The molecule has 22 heavy (non-hydrogen) atoms. The Bertz CT molecular complexity index is 509. The van der Waals surface area contributed by atoms with Gasteiger partial charge in [-0.05, 0) is 57.5 Å². The molecular formula is C17H27N3O2. The van der Waals surface area contributed by atoms with Crippen LogP contribution in [-0.4, -0.2) is 42.6 Å². The Hall–Kier alpha value is -1.59. The van der Waals surface area contributed by atoms with E-state index in [1.165, 1.54) is 0 Å². The summed E-state index contributed by atoms with van der Waals surface area (Å²) in [5.74, 6) is 0.0576. The molecule has 1 aromatic rings. The van der Waals surface area contributed by atoms with Crippen molar-refractivity contribution in [3.63, 3.8) is 0 Å². The van der Waals surface area contributed by atoms with Gasteiger partial charge in [0.25, 0.3) is 0 Å². The molecule has 3 N–H and O–H groups in total. The predicted octanol–water partition coefficient (Wildman–Crippen LogP) is 2.41. The molecular weight excluding hydrogens is 278 g/mol. The highest BCUT2D eigenvalue weighted by Gasteiger charge is 2.21. The van der Waals surface area contributed by atoms with Crippen molar-refractivity contribution in [2.24, 2.45) is 0 Å². The van der Waals surface area contributed by atoms with Crippen LogP contribution in [0.25, 0.3) is 0 Å². The van der Waals surface area contributed by atoms with Crippen molar-refractivity contribution >= 4 is 17.3 Å². The van der Waals surface area contributed by atoms with E-state index in [2.05, 4.69) is 24.1 Å². The van der Waals surface area contributed by atoms with Crippen LogP contribution in [0.2, 0.25) is 0 Å². The topological polar surface area (TPSA) is 67.6 Å². The molecule has 0 spiro atoms. The lowest BCUT2D eigenvalue weighted by molar-refractivity contribution is -0.116. The molecule has 1 aromatic carbocycles. The zero-order valence-corrected chi connectivity index (χ0v) is 13.8. The van der Waals surface area contributed by atoms with Crippen molar-refractivity contribution in [3.8, 4) is 0 Å². The maximum absolute atomic E-state index is 12.0. The van der Waals surface area contributed by atoms with E-state index >= 15 is 0 Å². The number of benzene rings is 1. The zero-order chi connectivity index (χ0) is 16.1. The number of nitrogens with one attached hydrogen (secondary N) is 1. The number of anilines is 2. The third-order valence-electron chi connectivity index (χ3n) is 3.90. The summed E-state index contributed by atoms with van der Waals surface area (Å²) >= 11 is 0. The first-order valence-electron chi connectivity index (χ1n) is 7.98. The quantitative estimate of drug-likeness (QED) is 0.820. The molecule has 1 fully saturated rings. The Morgan fingerprint density at radius 1 is 1.36 bits per heavy atom. The Labute approximate surface area is 132 Å². The van der Waals surface area contributed by atoms with Crippen molar-refractivity contribution in [2.45, 2.75) is 45.8 Å². The number of aryl methyl sites for hydroxylation is 1. The van der Waals surface area contributed by atoms with E-state index in [1.807, 2.05) is 19.1 Å². The van der Waals surface area contributed by atoms with Crippen LogP contribution in [0.5, 0.6) is 0 Å². The number of nitrogens with zero attached hydrogens (tertiary/aromatic N) is 1. The number of carbonyl (C=O) groups is 1. The van der Waals surface area contributed by atoms with Gasteiger partial charge in [-0.25, -0.2) is 0 Å². The van der Waals surface area contributed by atoms with Crippen molar-refractivity contribution in [1.82, 2.24) is 4.90 Å². The van der Waals surface area contributed by atoms with E-state index in [0.29, 0.717) is 12.1 Å². The first-order valence-corrected chi connectivity index (χ1v) is 7.98. The third-order valence-corrected chi connectivity index (χ3v) is 3.90. The molecule has 2 unspecified atom stereocenters. The van der Waals surface area contributed by atoms with Crippen molar-refractivity contribution in [1.29, 1.82) is 0 Å². The number of ether oxygens (including phenoxy) is 1. The van der Waals surface area contributed by atoms with Crippen molar-refractivity contribution in [2.75, 3.05) is 30.7 Å². The molecule has 122 valence electrons. The number of rotatable bonds is 5. The fourth-order valence-corrected chi connectivity index (χ4v) is 2.97. The van der Waals surface area contributed by atoms with E-state index in [1.54, 1.807) is 6.07 Å². The highest BCUT2D eigenvalue weighted by atomic mass is 16.5. The number of carbonyl (C=O) groups excluding carboxylic acids is 1. The van der Waals surface area contributed by atoms with Crippen molar-refractivity contribution < 1.29 is 9.53 Å². The number of nitrogens with two attached hydrogens (primary N) is 1. The maximum Gasteiger partial charge on any atom is 0.224 e. The minimum absolute atomic E-state index is 0.0576. The van der Waals surface area contributed by atoms with Gasteiger partial charge < -0.3 is 15.8 Å². The van der Waals surface area contributed by atoms with Gasteiger partial charge in [0.2, 0.25) is 5.91 Å². The van der Waals surface area contributed by atoms with Crippen LogP contribution in [-0.2, 0) is 9.53 Å². The van der Waals surface area contributed by atoms with Crippen LogP contribution in [0, 0.1) is 6.92 Å². The molecule has 1 aliphatic heterocycles. The second-order valence-electron chi connectivity index (χ2n) is 6.24. The van der Waals surface area contributed by atoms with Crippen LogP contribution >= 0.6 is 0 Å². The first kappa shape index (κ1) is 16.8. The summed E-state index contributed by atoms with van der Waals surface area (Å²) in [6.07, 6.45) is 1.94. The average molecular weight is 305 g/mol. The summed E-state index contributed by atoms with van der Waals surface area (Å²) in [7, 11) is 0. The third kappa shape index (κ3) is 5.00. The maximum atomic E-state index is 12.0. The van der Waals surface area contributed by atoms with Gasteiger partial charge in [0.05, 0.1) is 12.2 Å². The zero-order valence-electron chi connectivity index (χ0n) is 13.8. The van der Waals surface area contributed by atoms with E-state index in [4.69, 9.17) is 10.5 Å². The lowest BCUT2D eigenvalue weighted by Crippen LogP contribution is -2.45. The number of morpholine rings is 1. The molecule has 1 heterocycles. The standard InChI is InChI=1S/C17H27N3O2/c1-12-9-15(18)6-7-16(12)19-17(21)5-4-8-20-10-13(2)22-14(3)11-20/h6-7,9,13-14H,4-5,8,10-11,18H2,1-3H3,(H,19,21). The molecule has 0 bridgehead atoms. The molecule has 0 saturated carbocycles. The van der Waals surface area contributed by atoms with Crippen LogP contribution in [0.3, 0.4) is 0 Å². The summed E-state index contributed by atoms with van der Waals surface area (Å²) in [6.45, 7) is 8.97. The molecule has 0 aromatic heterocycles. The first-order chi connectivity index (χ1) is 10.4.